The van der Waals surface area contributed by atoms with Crippen molar-refractivity contribution in [3.63, 3.8) is 0 Å². The number of nitrogens with zero attached hydrogens (tertiary/aromatic N) is 1. The fraction of sp³-hybridized carbons (Fsp3) is 0.917. The largest absolute Gasteiger partial charge is 0.382 e. The Morgan fingerprint density at radius 2 is 1.88 bits per heavy atom. The SMILES string of the molecule is CCOCCCC(=O)N(CC)CC(OC)OC. The first-order valence-electron chi connectivity index (χ1n) is 6.10. The summed E-state index contributed by atoms with van der Waals surface area (Å²) < 4.78 is 15.4. The van der Waals surface area contributed by atoms with Gasteiger partial charge in [0.1, 0.15) is 0 Å². The molecule has 5 nitrogen and oxygen atoms in total. The highest BCUT2D eigenvalue weighted by Gasteiger charge is 2.16. The minimum Gasteiger partial charge on any atom is -0.382 e. The Morgan fingerprint density at radius 1 is 1.24 bits per heavy atom. The van der Waals surface area contributed by atoms with E-state index in [1.807, 2.05) is 13.8 Å². The zero-order valence-corrected chi connectivity index (χ0v) is 11.4. The van der Waals surface area contributed by atoms with E-state index in [1.54, 1.807) is 19.1 Å². The highest BCUT2D eigenvalue weighted by atomic mass is 16.7. The number of methoxy groups -OCH3 is 2. The monoisotopic (exact) mass is 247 g/mol. The first-order chi connectivity index (χ1) is 8.19. The van der Waals surface area contributed by atoms with Crippen LogP contribution in [0.3, 0.4) is 0 Å². The molecule has 0 radical (unpaired) electrons. The van der Waals surface area contributed by atoms with Crippen LogP contribution in [0.5, 0.6) is 0 Å². The molecule has 102 valence electrons. The minimum absolute atomic E-state index is 0.117. The molecule has 0 atom stereocenters. The third kappa shape index (κ3) is 7.31. The molecule has 0 aromatic rings. The molecule has 0 saturated heterocycles. The number of likely N-dealkylation sites (N-methyl/N-ethyl adjacent to an activating group) is 1. The van der Waals surface area contributed by atoms with Crippen molar-refractivity contribution in [1.29, 1.82) is 0 Å². The molecule has 17 heavy (non-hydrogen) atoms. The van der Waals surface area contributed by atoms with Gasteiger partial charge >= 0.3 is 0 Å². The molecule has 0 N–H and O–H groups in total. The summed E-state index contributed by atoms with van der Waals surface area (Å²) in [4.78, 5) is 13.6. The van der Waals surface area contributed by atoms with Crippen molar-refractivity contribution < 1.29 is 19.0 Å². The van der Waals surface area contributed by atoms with Gasteiger partial charge in [0, 0.05) is 40.4 Å². The van der Waals surface area contributed by atoms with Gasteiger partial charge in [0.05, 0.1) is 6.54 Å². The van der Waals surface area contributed by atoms with Gasteiger partial charge in [-0.3, -0.25) is 4.79 Å². The van der Waals surface area contributed by atoms with Crippen LogP contribution in [0.2, 0.25) is 0 Å². The molecule has 0 spiro atoms. The van der Waals surface area contributed by atoms with Crippen molar-refractivity contribution in [3.05, 3.63) is 0 Å². The molecule has 0 heterocycles. The Balaban J connectivity index is 3.94. The summed E-state index contributed by atoms with van der Waals surface area (Å²) >= 11 is 0. The van der Waals surface area contributed by atoms with Crippen LogP contribution in [0.1, 0.15) is 26.7 Å². The van der Waals surface area contributed by atoms with E-state index in [0.717, 1.165) is 6.42 Å². The number of ether oxygens (including phenoxy) is 3. The topological polar surface area (TPSA) is 48.0 Å². The molecule has 1 amide bonds. The third-order valence-corrected chi connectivity index (χ3v) is 2.51. The number of rotatable bonds is 10. The Bertz CT molecular complexity index is 195. The molecule has 0 aliphatic heterocycles. The predicted octanol–water partition coefficient (Wildman–Crippen LogP) is 1.27. The zero-order valence-electron chi connectivity index (χ0n) is 11.4. The molecule has 0 aliphatic carbocycles. The Morgan fingerprint density at radius 3 is 2.35 bits per heavy atom. The second-order valence-electron chi connectivity index (χ2n) is 3.63. The number of hydrogen-bond donors (Lipinski definition) is 0. The Hall–Kier alpha value is -0.650. The summed E-state index contributed by atoms with van der Waals surface area (Å²) in [6.07, 6.45) is 0.910. The normalized spacial score (nSPS) is 10.9. The molecule has 0 fully saturated rings. The van der Waals surface area contributed by atoms with Crippen LogP contribution in [0.15, 0.2) is 0 Å². The van der Waals surface area contributed by atoms with Crippen LogP contribution >= 0.6 is 0 Å². The lowest BCUT2D eigenvalue weighted by Crippen LogP contribution is -2.38. The summed E-state index contributed by atoms with van der Waals surface area (Å²) in [7, 11) is 3.14. The molecular formula is C12H25NO4. The predicted molar refractivity (Wildman–Crippen MR) is 65.8 cm³/mol. The molecule has 0 rings (SSSR count). The van der Waals surface area contributed by atoms with Crippen LogP contribution in [0.25, 0.3) is 0 Å². The van der Waals surface area contributed by atoms with E-state index in [0.29, 0.717) is 32.7 Å². The lowest BCUT2D eigenvalue weighted by atomic mass is 10.3. The fourth-order valence-corrected chi connectivity index (χ4v) is 1.46. The number of hydrogen-bond acceptors (Lipinski definition) is 4. The Labute approximate surface area is 104 Å². The van der Waals surface area contributed by atoms with Gasteiger partial charge in [0.2, 0.25) is 5.91 Å². The maximum absolute atomic E-state index is 11.9. The van der Waals surface area contributed by atoms with Crippen molar-refractivity contribution in [1.82, 2.24) is 4.90 Å². The van der Waals surface area contributed by atoms with E-state index in [2.05, 4.69) is 0 Å². The zero-order chi connectivity index (χ0) is 13.1. The molecule has 0 aromatic carbocycles. The summed E-state index contributed by atoms with van der Waals surface area (Å²) in [5.74, 6) is 0.117. The van der Waals surface area contributed by atoms with Gasteiger partial charge in [-0.15, -0.1) is 0 Å². The van der Waals surface area contributed by atoms with Gasteiger partial charge in [0.15, 0.2) is 6.29 Å². The van der Waals surface area contributed by atoms with Gasteiger partial charge < -0.3 is 19.1 Å². The van der Waals surface area contributed by atoms with Crippen LogP contribution in [0, 0.1) is 0 Å². The molecule has 0 saturated carbocycles. The second kappa shape index (κ2) is 10.5. The van der Waals surface area contributed by atoms with Crippen molar-refractivity contribution in [2.24, 2.45) is 0 Å². The van der Waals surface area contributed by atoms with Gasteiger partial charge in [-0.25, -0.2) is 0 Å². The average molecular weight is 247 g/mol. The van der Waals surface area contributed by atoms with Gasteiger partial charge in [-0.2, -0.15) is 0 Å². The minimum atomic E-state index is -0.356. The van der Waals surface area contributed by atoms with Crippen molar-refractivity contribution in [3.8, 4) is 0 Å². The second-order valence-corrected chi connectivity index (χ2v) is 3.63. The van der Waals surface area contributed by atoms with Crippen LogP contribution in [-0.2, 0) is 19.0 Å². The first-order valence-corrected chi connectivity index (χ1v) is 6.10. The van der Waals surface area contributed by atoms with E-state index in [-0.39, 0.29) is 12.2 Å². The maximum atomic E-state index is 11.9. The average Bonchev–Trinajstić information content (AvgIpc) is 2.36. The highest BCUT2D eigenvalue weighted by molar-refractivity contribution is 5.76. The quantitative estimate of drug-likeness (QED) is 0.431. The Kier molecular flexibility index (Phi) is 10.1. The molecule has 0 aromatic heterocycles. The van der Waals surface area contributed by atoms with Crippen molar-refractivity contribution in [2.75, 3.05) is 40.5 Å². The molecule has 5 heteroatoms. The number of carbonyl (C=O) groups excluding carboxylic acids is 1. The van der Waals surface area contributed by atoms with E-state index in [9.17, 15) is 4.79 Å². The molecule has 0 unspecified atom stereocenters. The summed E-state index contributed by atoms with van der Waals surface area (Å²) in [6.45, 7) is 6.36. The lowest BCUT2D eigenvalue weighted by Gasteiger charge is -2.25. The lowest BCUT2D eigenvalue weighted by molar-refractivity contribution is -0.145. The molecule has 0 aliphatic rings. The van der Waals surface area contributed by atoms with Crippen molar-refractivity contribution >= 4 is 5.91 Å². The highest BCUT2D eigenvalue weighted by Crippen LogP contribution is 2.02. The third-order valence-electron chi connectivity index (χ3n) is 2.51. The summed E-state index contributed by atoms with van der Waals surface area (Å²) in [5.41, 5.74) is 0. The van der Waals surface area contributed by atoms with E-state index >= 15 is 0 Å². The molecular weight excluding hydrogens is 222 g/mol. The van der Waals surface area contributed by atoms with E-state index in [4.69, 9.17) is 14.2 Å². The van der Waals surface area contributed by atoms with E-state index < -0.39 is 0 Å². The van der Waals surface area contributed by atoms with Crippen LogP contribution in [0.4, 0.5) is 0 Å². The smallest absolute Gasteiger partial charge is 0.222 e. The first kappa shape index (κ1) is 16.4. The van der Waals surface area contributed by atoms with Gasteiger partial charge in [-0.1, -0.05) is 0 Å². The van der Waals surface area contributed by atoms with Crippen molar-refractivity contribution in [2.45, 2.75) is 33.0 Å². The molecule has 0 bridgehead atoms. The summed E-state index contributed by atoms with van der Waals surface area (Å²) in [6, 6.07) is 0. The van der Waals surface area contributed by atoms with E-state index in [1.165, 1.54) is 0 Å². The number of carbonyl (C=O) groups is 1. The van der Waals surface area contributed by atoms with Crippen LogP contribution < -0.4 is 0 Å². The number of amides is 1. The van der Waals surface area contributed by atoms with Crippen LogP contribution in [-0.4, -0.2) is 57.6 Å². The maximum Gasteiger partial charge on any atom is 0.222 e. The summed E-state index contributed by atoms with van der Waals surface area (Å²) in [5, 5.41) is 0. The fourth-order valence-electron chi connectivity index (χ4n) is 1.46. The van der Waals surface area contributed by atoms with Gasteiger partial charge in [0.25, 0.3) is 0 Å². The standard InChI is InChI=1S/C12H25NO4/c1-5-13(10-12(15-3)16-4)11(14)8-7-9-17-6-2/h12H,5-10H2,1-4H3. The van der Waals surface area contributed by atoms with Gasteiger partial charge in [-0.05, 0) is 20.3 Å².